The second-order valence-corrected chi connectivity index (χ2v) is 9.04. The van der Waals surface area contributed by atoms with Crippen molar-refractivity contribution in [2.24, 2.45) is 23.7 Å². The predicted octanol–water partition coefficient (Wildman–Crippen LogP) is 6.01. The molecular weight excluding hydrogens is 328 g/mol. The van der Waals surface area contributed by atoms with Gasteiger partial charge in [0.1, 0.15) is 0 Å². The molecule has 2 fully saturated rings. The molecule has 25 heavy (non-hydrogen) atoms. The number of carboxylic acids is 1. The summed E-state index contributed by atoms with van der Waals surface area (Å²) in [5, 5.41) is 8.71. The number of hydrogen-bond acceptors (Lipinski definition) is 2. The Balaban J connectivity index is 1.38. The first-order chi connectivity index (χ1) is 12.2. The van der Waals surface area contributed by atoms with Crippen LogP contribution in [0.15, 0.2) is 30.3 Å². The topological polar surface area (TPSA) is 37.3 Å². The van der Waals surface area contributed by atoms with Crippen molar-refractivity contribution < 1.29 is 9.90 Å². The minimum Gasteiger partial charge on any atom is -0.481 e. The fourth-order valence-electron chi connectivity index (χ4n) is 5.14. The fraction of sp³-hybridized carbons (Fsp3) is 0.682. The standard InChI is InChI=1S/C22H32O2S/c23-22(24)11-7-2-1-6-10-20-18-12-13-19(14-18)21(20)16-25-15-17-8-4-3-5-9-17/h3-5,8-9,18-21H,1-2,6-7,10-16H2,(H,23,24)/t18-,19+,20-,21+/m1/s1. The third-order valence-electron chi connectivity index (χ3n) is 6.37. The first kappa shape index (κ1) is 18.8. The molecule has 0 amide bonds. The Bertz CT molecular complexity index is 530. The van der Waals surface area contributed by atoms with E-state index in [4.69, 9.17) is 5.11 Å². The number of aliphatic carboxylic acids is 1. The molecule has 3 heteroatoms. The van der Waals surface area contributed by atoms with Crippen LogP contribution >= 0.6 is 11.8 Å². The van der Waals surface area contributed by atoms with Crippen LogP contribution in [0.5, 0.6) is 0 Å². The van der Waals surface area contributed by atoms with E-state index in [2.05, 4.69) is 42.1 Å². The van der Waals surface area contributed by atoms with Crippen molar-refractivity contribution in [3.05, 3.63) is 35.9 Å². The summed E-state index contributed by atoms with van der Waals surface area (Å²) >= 11 is 2.13. The van der Waals surface area contributed by atoms with Gasteiger partial charge in [0.05, 0.1) is 0 Å². The first-order valence-corrected chi connectivity index (χ1v) is 11.2. The zero-order valence-electron chi connectivity index (χ0n) is 15.2. The summed E-state index contributed by atoms with van der Waals surface area (Å²) in [5.74, 6) is 5.70. The van der Waals surface area contributed by atoms with Crippen molar-refractivity contribution in [1.82, 2.24) is 0 Å². The molecule has 0 saturated heterocycles. The normalized spacial score (nSPS) is 27.7. The molecule has 0 aromatic heterocycles. The number of unbranched alkanes of at least 4 members (excludes halogenated alkanes) is 3. The van der Waals surface area contributed by atoms with Crippen molar-refractivity contribution in [2.45, 2.75) is 63.5 Å². The molecule has 2 nitrogen and oxygen atoms in total. The number of hydrogen-bond donors (Lipinski definition) is 1. The number of carboxylic acid groups (broad SMARTS) is 1. The van der Waals surface area contributed by atoms with Gasteiger partial charge in [0.2, 0.25) is 0 Å². The SMILES string of the molecule is O=C(O)CCCCCC[C@@H]1[C@@H]2CC[C@@H](C2)[C@@H]1CSCc1ccccc1. The Morgan fingerprint density at radius 2 is 1.72 bits per heavy atom. The highest BCUT2D eigenvalue weighted by Gasteiger charge is 2.46. The highest BCUT2D eigenvalue weighted by Crippen LogP contribution is 2.54. The van der Waals surface area contributed by atoms with Crippen LogP contribution in [-0.4, -0.2) is 16.8 Å². The van der Waals surface area contributed by atoms with Crippen molar-refractivity contribution in [2.75, 3.05) is 5.75 Å². The summed E-state index contributed by atoms with van der Waals surface area (Å²) in [7, 11) is 0. The average Bonchev–Trinajstić information content (AvgIpc) is 3.21. The number of thioether (sulfide) groups is 1. The minimum absolute atomic E-state index is 0.340. The first-order valence-electron chi connectivity index (χ1n) is 10.1. The van der Waals surface area contributed by atoms with Gasteiger partial charge in [0.25, 0.3) is 0 Å². The van der Waals surface area contributed by atoms with Gasteiger partial charge in [0.15, 0.2) is 0 Å². The van der Waals surface area contributed by atoms with Crippen LogP contribution in [-0.2, 0) is 10.5 Å². The molecule has 2 saturated carbocycles. The van der Waals surface area contributed by atoms with E-state index in [0.29, 0.717) is 6.42 Å². The van der Waals surface area contributed by atoms with Gasteiger partial charge in [-0.25, -0.2) is 0 Å². The van der Waals surface area contributed by atoms with Gasteiger partial charge in [0, 0.05) is 12.2 Å². The molecule has 2 aliphatic rings. The Morgan fingerprint density at radius 1 is 1.00 bits per heavy atom. The molecule has 1 aromatic carbocycles. The molecule has 0 heterocycles. The van der Waals surface area contributed by atoms with E-state index in [-0.39, 0.29) is 0 Å². The maximum atomic E-state index is 10.6. The monoisotopic (exact) mass is 360 g/mol. The average molecular weight is 361 g/mol. The summed E-state index contributed by atoms with van der Waals surface area (Å²) in [6.45, 7) is 0. The smallest absolute Gasteiger partial charge is 0.303 e. The van der Waals surface area contributed by atoms with Crippen LogP contribution in [0.1, 0.15) is 63.4 Å². The quantitative estimate of drug-likeness (QED) is 0.491. The molecule has 0 unspecified atom stereocenters. The van der Waals surface area contributed by atoms with Crippen LogP contribution in [0, 0.1) is 23.7 Å². The lowest BCUT2D eigenvalue weighted by Gasteiger charge is -2.31. The zero-order valence-corrected chi connectivity index (χ0v) is 16.1. The summed E-state index contributed by atoms with van der Waals surface area (Å²) in [6.07, 6.45) is 10.6. The van der Waals surface area contributed by atoms with Crippen LogP contribution in [0.25, 0.3) is 0 Å². The number of carbonyl (C=O) groups is 1. The van der Waals surface area contributed by atoms with Gasteiger partial charge in [-0.3, -0.25) is 4.79 Å². The number of rotatable bonds is 11. The molecule has 0 aliphatic heterocycles. The van der Waals surface area contributed by atoms with E-state index in [1.165, 1.54) is 49.8 Å². The summed E-state index contributed by atoms with van der Waals surface area (Å²) in [5.41, 5.74) is 1.45. The van der Waals surface area contributed by atoms with Gasteiger partial charge in [-0.1, -0.05) is 49.6 Å². The lowest BCUT2D eigenvalue weighted by Crippen LogP contribution is -2.24. The Morgan fingerprint density at radius 3 is 2.48 bits per heavy atom. The van der Waals surface area contributed by atoms with Crippen LogP contribution < -0.4 is 0 Å². The lowest BCUT2D eigenvalue weighted by molar-refractivity contribution is -0.137. The molecule has 2 bridgehead atoms. The van der Waals surface area contributed by atoms with E-state index >= 15 is 0 Å². The maximum Gasteiger partial charge on any atom is 0.303 e. The lowest BCUT2D eigenvalue weighted by atomic mass is 9.77. The summed E-state index contributed by atoms with van der Waals surface area (Å²) < 4.78 is 0. The van der Waals surface area contributed by atoms with Crippen molar-refractivity contribution in [3.8, 4) is 0 Å². The highest BCUT2D eigenvalue weighted by molar-refractivity contribution is 7.98. The van der Waals surface area contributed by atoms with E-state index in [0.717, 1.165) is 42.3 Å². The minimum atomic E-state index is -0.649. The second kappa shape index (κ2) is 9.66. The van der Waals surface area contributed by atoms with Gasteiger partial charge in [-0.2, -0.15) is 11.8 Å². The van der Waals surface area contributed by atoms with Crippen LogP contribution in [0.3, 0.4) is 0 Å². The third kappa shape index (κ3) is 5.51. The van der Waals surface area contributed by atoms with E-state index < -0.39 is 5.97 Å². The van der Waals surface area contributed by atoms with Gasteiger partial charge in [-0.15, -0.1) is 0 Å². The maximum absolute atomic E-state index is 10.6. The third-order valence-corrected chi connectivity index (χ3v) is 7.53. The number of fused-ring (bicyclic) bond motifs is 2. The summed E-state index contributed by atoms with van der Waals surface area (Å²) in [6, 6.07) is 10.8. The predicted molar refractivity (Wildman–Crippen MR) is 106 cm³/mol. The highest BCUT2D eigenvalue weighted by atomic mass is 32.2. The molecule has 4 atom stereocenters. The second-order valence-electron chi connectivity index (χ2n) is 8.01. The molecule has 1 N–H and O–H groups in total. The van der Waals surface area contributed by atoms with Crippen molar-refractivity contribution in [3.63, 3.8) is 0 Å². The molecule has 2 aliphatic carbocycles. The fourth-order valence-corrected chi connectivity index (χ4v) is 6.47. The van der Waals surface area contributed by atoms with Crippen molar-refractivity contribution in [1.29, 1.82) is 0 Å². The van der Waals surface area contributed by atoms with E-state index in [1.54, 1.807) is 0 Å². The molecule has 0 radical (unpaired) electrons. The van der Waals surface area contributed by atoms with Crippen LogP contribution in [0.4, 0.5) is 0 Å². The molecule has 1 aromatic rings. The van der Waals surface area contributed by atoms with Crippen LogP contribution in [0.2, 0.25) is 0 Å². The largest absolute Gasteiger partial charge is 0.481 e. The molecular formula is C22H32O2S. The van der Waals surface area contributed by atoms with E-state index in [9.17, 15) is 4.79 Å². The van der Waals surface area contributed by atoms with Gasteiger partial charge < -0.3 is 5.11 Å². The molecule has 3 rings (SSSR count). The Labute approximate surface area is 156 Å². The molecule has 0 spiro atoms. The zero-order chi connectivity index (χ0) is 17.5. The number of benzene rings is 1. The Hall–Kier alpha value is -0.960. The molecule has 138 valence electrons. The summed E-state index contributed by atoms with van der Waals surface area (Å²) in [4.78, 5) is 10.6. The van der Waals surface area contributed by atoms with Gasteiger partial charge >= 0.3 is 5.97 Å². The van der Waals surface area contributed by atoms with Gasteiger partial charge in [-0.05, 0) is 67.1 Å². The van der Waals surface area contributed by atoms with Crippen molar-refractivity contribution >= 4 is 17.7 Å². The van der Waals surface area contributed by atoms with E-state index in [1.807, 2.05) is 0 Å². The Kier molecular flexibility index (Phi) is 7.27.